The molecule has 0 aliphatic heterocycles. The van der Waals surface area contributed by atoms with Crippen molar-refractivity contribution in [3.05, 3.63) is 97.1 Å². The van der Waals surface area contributed by atoms with Crippen molar-refractivity contribution in [2.45, 2.75) is 19.4 Å². The predicted octanol–water partition coefficient (Wildman–Crippen LogP) is 7.93. The second kappa shape index (κ2) is 8.72. The van der Waals surface area contributed by atoms with E-state index in [4.69, 9.17) is 9.72 Å². The molecule has 0 saturated carbocycles. The molecule has 4 aromatic carbocycles. The smallest absolute Gasteiger partial charge is 0.124 e. The molecule has 162 valence electrons. The van der Waals surface area contributed by atoms with Crippen LogP contribution in [0.25, 0.3) is 42.6 Å². The number of nitrogens with zero attached hydrogens (tertiary/aromatic N) is 2. The van der Waals surface area contributed by atoms with Crippen LogP contribution in [-0.2, 0) is 6.54 Å². The van der Waals surface area contributed by atoms with Crippen molar-refractivity contribution >= 4 is 43.4 Å². The summed E-state index contributed by atoms with van der Waals surface area (Å²) in [4.78, 5) is 4.74. The Kier molecular flexibility index (Phi) is 5.29. The summed E-state index contributed by atoms with van der Waals surface area (Å²) in [6.45, 7) is 1.71. The Morgan fingerprint density at radius 3 is 2.09 bits per heavy atom. The van der Waals surface area contributed by atoms with Gasteiger partial charge >= 0.3 is 0 Å². The van der Waals surface area contributed by atoms with Crippen molar-refractivity contribution in [1.82, 2.24) is 9.55 Å². The van der Waals surface area contributed by atoms with Gasteiger partial charge in [0.25, 0.3) is 0 Å². The maximum Gasteiger partial charge on any atom is 0.124 e. The van der Waals surface area contributed by atoms with Gasteiger partial charge < -0.3 is 9.30 Å². The number of aromatic nitrogens is 2. The van der Waals surface area contributed by atoms with Crippen LogP contribution in [-0.4, -0.2) is 16.2 Å². The van der Waals surface area contributed by atoms with Gasteiger partial charge in [-0.05, 0) is 61.4 Å². The molecule has 0 aliphatic carbocycles. The summed E-state index contributed by atoms with van der Waals surface area (Å²) < 4.78 is 9.68. The molecule has 2 heterocycles. The van der Waals surface area contributed by atoms with Gasteiger partial charge in [0, 0.05) is 33.9 Å². The summed E-state index contributed by atoms with van der Waals surface area (Å²) in [5.41, 5.74) is 4.81. The van der Waals surface area contributed by atoms with E-state index in [1.165, 1.54) is 26.5 Å². The largest absolute Gasteiger partial charge is 0.494 e. The van der Waals surface area contributed by atoms with Gasteiger partial charge in [-0.15, -0.1) is 11.3 Å². The lowest BCUT2D eigenvalue weighted by atomic mass is 10.2. The number of aryl methyl sites for hydroxylation is 1. The lowest BCUT2D eigenvalue weighted by Crippen LogP contribution is -2.02. The maximum absolute atomic E-state index is 6.02. The topological polar surface area (TPSA) is 27.1 Å². The van der Waals surface area contributed by atoms with E-state index in [1.54, 1.807) is 11.3 Å². The Morgan fingerprint density at radius 1 is 0.697 bits per heavy atom. The summed E-state index contributed by atoms with van der Waals surface area (Å²) in [6.07, 6.45) is 2.09. The number of para-hydroxylation sites is 3. The summed E-state index contributed by atoms with van der Waals surface area (Å²) in [5.74, 6) is 0.914. The molecule has 0 unspecified atom stereocenters. The zero-order valence-corrected chi connectivity index (χ0v) is 19.1. The lowest BCUT2D eigenvalue weighted by Gasteiger charge is -2.09. The second-order valence-corrected chi connectivity index (χ2v) is 9.28. The first-order chi connectivity index (χ1) is 16.4. The molecule has 3 nitrogen and oxygen atoms in total. The van der Waals surface area contributed by atoms with E-state index in [2.05, 4.69) is 83.4 Å². The first-order valence-corrected chi connectivity index (χ1v) is 12.2. The van der Waals surface area contributed by atoms with Crippen molar-refractivity contribution in [3.63, 3.8) is 0 Å². The number of benzene rings is 4. The van der Waals surface area contributed by atoms with E-state index >= 15 is 0 Å². The molecule has 33 heavy (non-hydrogen) atoms. The number of fused-ring (bicyclic) bond motifs is 4. The van der Waals surface area contributed by atoms with Crippen LogP contribution in [0.5, 0.6) is 5.75 Å². The standard InChI is InChI=1S/C29H24N2OS/c1-4-12-26-23(9-1)24-10-2-5-13-27(24)31(26)19-7-8-20-32-22-17-15-21(16-18-22)29-30-25-11-3-6-14-28(25)33-29/h1-6,9-18H,7-8,19-20H2. The number of unbranched alkanes of at least 4 members (excludes halogenated alkanes) is 1. The quantitative estimate of drug-likeness (QED) is 0.232. The van der Waals surface area contributed by atoms with Crippen LogP contribution >= 0.6 is 11.3 Å². The lowest BCUT2D eigenvalue weighted by molar-refractivity contribution is 0.304. The van der Waals surface area contributed by atoms with E-state index < -0.39 is 0 Å². The van der Waals surface area contributed by atoms with Crippen LogP contribution in [0.2, 0.25) is 0 Å². The van der Waals surface area contributed by atoms with Gasteiger partial charge in [-0.2, -0.15) is 0 Å². The Labute approximate surface area is 196 Å². The molecule has 6 rings (SSSR count). The molecule has 4 heteroatoms. The number of ether oxygens (including phenoxy) is 1. The van der Waals surface area contributed by atoms with Gasteiger partial charge in [0.05, 0.1) is 16.8 Å². The first-order valence-electron chi connectivity index (χ1n) is 11.4. The molecule has 0 amide bonds. The van der Waals surface area contributed by atoms with Crippen LogP contribution in [0.3, 0.4) is 0 Å². The van der Waals surface area contributed by atoms with Crippen LogP contribution in [0.15, 0.2) is 97.1 Å². The molecule has 0 spiro atoms. The molecule has 0 saturated heterocycles. The molecule has 0 radical (unpaired) electrons. The van der Waals surface area contributed by atoms with Crippen molar-refractivity contribution in [3.8, 4) is 16.3 Å². The normalized spacial score (nSPS) is 11.5. The number of rotatable bonds is 7. The fourth-order valence-electron chi connectivity index (χ4n) is 4.50. The van der Waals surface area contributed by atoms with Crippen LogP contribution in [0.4, 0.5) is 0 Å². The molecule has 0 bridgehead atoms. The van der Waals surface area contributed by atoms with Gasteiger partial charge in [0.1, 0.15) is 10.8 Å². The molecule has 0 aliphatic rings. The third-order valence-corrected chi connectivity index (χ3v) is 7.21. The number of hydrogen-bond acceptors (Lipinski definition) is 3. The highest BCUT2D eigenvalue weighted by Crippen LogP contribution is 2.31. The number of thiazole rings is 1. The molecule has 0 atom stereocenters. The van der Waals surface area contributed by atoms with E-state index in [1.807, 2.05) is 18.2 Å². The second-order valence-electron chi connectivity index (χ2n) is 8.25. The van der Waals surface area contributed by atoms with Crippen molar-refractivity contribution in [1.29, 1.82) is 0 Å². The zero-order valence-electron chi connectivity index (χ0n) is 18.3. The third-order valence-electron chi connectivity index (χ3n) is 6.12. The van der Waals surface area contributed by atoms with Crippen LogP contribution < -0.4 is 4.74 Å². The Hall–Kier alpha value is -3.63. The molecular weight excluding hydrogens is 424 g/mol. The van der Waals surface area contributed by atoms with E-state index in [0.717, 1.165) is 47.8 Å². The average molecular weight is 449 g/mol. The Balaban J connectivity index is 1.07. The minimum Gasteiger partial charge on any atom is -0.494 e. The summed E-state index contributed by atoms with van der Waals surface area (Å²) in [6, 6.07) is 33.9. The van der Waals surface area contributed by atoms with Gasteiger partial charge in [-0.3, -0.25) is 0 Å². The van der Waals surface area contributed by atoms with E-state index in [0.29, 0.717) is 0 Å². The highest BCUT2D eigenvalue weighted by Gasteiger charge is 2.09. The van der Waals surface area contributed by atoms with Gasteiger partial charge in [0.2, 0.25) is 0 Å². The van der Waals surface area contributed by atoms with E-state index in [-0.39, 0.29) is 0 Å². The molecule has 0 fully saturated rings. The Morgan fingerprint density at radius 2 is 1.36 bits per heavy atom. The highest BCUT2D eigenvalue weighted by atomic mass is 32.1. The van der Waals surface area contributed by atoms with Crippen molar-refractivity contribution < 1.29 is 4.74 Å². The van der Waals surface area contributed by atoms with E-state index in [9.17, 15) is 0 Å². The summed E-state index contributed by atoms with van der Waals surface area (Å²) in [7, 11) is 0. The SMILES string of the molecule is c1ccc2sc(-c3ccc(OCCCCn4c5ccccc5c5ccccc54)cc3)nc2c1. The monoisotopic (exact) mass is 448 g/mol. The summed E-state index contributed by atoms with van der Waals surface area (Å²) in [5, 5.41) is 3.71. The fourth-order valence-corrected chi connectivity index (χ4v) is 5.47. The van der Waals surface area contributed by atoms with Crippen molar-refractivity contribution in [2.24, 2.45) is 0 Å². The third kappa shape index (κ3) is 3.87. The first kappa shape index (κ1) is 20.0. The minimum atomic E-state index is 0.720. The van der Waals surface area contributed by atoms with Gasteiger partial charge in [-0.25, -0.2) is 4.98 Å². The highest BCUT2D eigenvalue weighted by molar-refractivity contribution is 7.21. The van der Waals surface area contributed by atoms with Crippen molar-refractivity contribution in [2.75, 3.05) is 6.61 Å². The predicted molar refractivity (Wildman–Crippen MR) is 139 cm³/mol. The average Bonchev–Trinajstić information content (AvgIpc) is 3.44. The molecule has 2 aromatic heterocycles. The van der Waals surface area contributed by atoms with Gasteiger partial charge in [0.15, 0.2) is 0 Å². The Bertz CT molecular complexity index is 1460. The molecule has 6 aromatic rings. The number of hydrogen-bond donors (Lipinski definition) is 0. The van der Waals surface area contributed by atoms with Gasteiger partial charge in [-0.1, -0.05) is 48.5 Å². The van der Waals surface area contributed by atoms with Crippen LogP contribution in [0.1, 0.15) is 12.8 Å². The fraction of sp³-hybridized carbons (Fsp3) is 0.138. The molecular formula is C29H24N2OS. The van der Waals surface area contributed by atoms with Crippen LogP contribution in [0, 0.1) is 0 Å². The zero-order chi connectivity index (χ0) is 22.0. The molecule has 0 N–H and O–H groups in total. The minimum absolute atomic E-state index is 0.720. The maximum atomic E-state index is 6.02. The summed E-state index contributed by atoms with van der Waals surface area (Å²) >= 11 is 1.73.